The molecule has 0 saturated carbocycles. The van der Waals surface area contributed by atoms with Crippen LogP contribution >= 0.6 is 22.7 Å². The molecule has 0 spiro atoms. The zero-order valence-corrected chi connectivity index (χ0v) is 25.8. The van der Waals surface area contributed by atoms with Gasteiger partial charge in [-0.05, 0) is 30.0 Å². The molecular weight excluding hydrogens is 615 g/mol. The first-order valence-corrected chi connectivity index (χ1v) is 15.3. The molecule has 13 heteroatoms. The van der Waals surface area contributed by atoms with E-state index in [4.69, 9.17) is 24.1 Å². The molecule has 2 N–H and O–H groups in total. The number of carboxylic acids is 2. The third kappa shape index (κ3) is 7.45. The number of hydrogen-bond donors (Lipinski definition) is 2. The maximum absolute atomic E-state index is 15.5. The lowest BCUT2D eigenvalue weighted by atomic mass is 9.92. The van der Waals surface area contributed by atoms with Gasteiger partial charge in [-0.15, -0.1) is 22.7 Å². The standard InChI is InChI=1S/C31H31FO10S2/c1-16(31(37)38)18(15-33)9-19-12-20-26(43-19)14-24(40-3)30(29(20)32)42-8-4-7-41-23-13-25-17(10-22(23)39-2)11-27(44-25)21(34)5-6-28(35)36/h10-16,18H,4-9H2,1-3H3,(H,35,36)(H,37,38)/t16-,18?/m0/s1. The van der Waals surface area contributed by atoms with Gasteiger partial charge >= 0.3 is 11.9 Å². The number of rotatable bonds is 17. The molecule has 2 atom stereocenters. The molecule has 0 radical (unpaired) electrons. The van der Waals surface area contributed by atoms with Gasteiger partial charge < -0.3 is 34.0 Å². The summed E-state index contributed by atoms with van der Waals surface area (Å²) in [7, 11) is 2.90. The fourth-order valence-electron chi connectivity index (χ4n) is 4.51. The van der Waals surface area contributed by atoms with Crippen molar-refractivity contribution in [3.05, 3.63) is 45.9 Å². The Morgan fingerprint density at radius 2 is 1.61 bits per heavy atom. The van der Waals surface area contributed by atoms with Gasteiger partial charge in [-0.3, -0.25) is 14.4 Å². The van der Waals surface area contributed by atoms with Crippen molar-refractivity contribution in [3.63, 3.8) is 0 Å². The summed E-state index contributed by atoms with van der Waals surface area (Å²) in [5.74, 6) is -3.53. The van der Waals surface area contributed by atoms with Gasteiger partial charge in [0.1, 0.15) is 6.29 Å². The highest BCUT2D eigenvalue weighted by molar-refractivity contribution is 7.21. The zero-order chi connectivity index (χ0) is 32.0. The lowest BCUT2D eigenvalue weighted by Gasteiger charge is -2.13. The Kier molecular flexibility index (Phi) is 10.8. The maximum atomic E-state index is 15.5. The SMILES string of the molecule is COc1cc2cc(C(=O)CCC(=O)O)sc2cc1OCCCOc1c(OC)cc2sc(CC(C=O)[C@H](C)C(=O)O)cc2c1F. The normalized spacial score (nSPS) is 12.5. The largest absolute Gasteiger partial charge is 0.493 e. The predicted molar refractivity (Wildman–Crippen MR) is 164 cm³/mol. The number of aldehydes is 1. The van der Waals surface area contributed by atoms with Crippen LogP contribution in [0.2, 0.25) is 0 Å². The van der Waals surface area contributed by atoms with Crippen molar-refractivity contribution in [1.82, 2.24) is 0 Å². The van der Waals surface area contributed by atoms with Crippen LogP contribution in [-0.2, 0) is 20.8 Å². The molecule has 4 rings (SSSR count). The van der Waals surface area contributed by atoms with E-state index in [1.165, 1.54) is 43.8 Å². The smallest absolute Gasteiger partial charge is 0.306 e. The van der Waals surface area contributed by atoms with Crippen LogP contribution in [0.5, 0.6) is 23.0 Å². The van der Waals surface area contributed by atoms with E-state index >= 15 is 4.39 Å². The third-order valence-electron chi connectivity index (χ3n) is 7.03. The summed E-state index contributed by atoms with van der Waals surface area (Å²) in [6.07, 6.45) is 0.860. The fraction of sp³-hybridized carbons (Fsp3) is 0.355. The Morgan fingerprint density at radius 1 is 0.909 bits per heavy atom. The van der Waals surface area contributed by atoms with Gasteiger partial charge in [0.05, 0.1) is 44.6 Å². The molecule has 0 aliphatic heterocycles. The Hall–Kier alpha value is -4.23. The predicted octanol–water partition coefficient (Wildman–Crippen LogP) is 6.25. The van der Waals surface area contributed by atoms with Crippen molar-refractivity contribution in [2.24, 2.45) is 11.8 Å². The van der Waals surface area contributed by atoms with Crippen LogP contribution in [0.3, 0.4) is 0 Å². The monoisotopic (exact) mass is 646 g/mol. The van der Waals surface area contributed by atoms with E-state index in [2.05, 4.69) is 0 Å². The Labute approximate surface area is 259 Å². The molecule has 2 aromatic heterocycles. The molecule has 0 amide bonds. The van der Waals surface area contributed by atoms with Crippen molar-refractivity contribution in [3.8, 4) is 23.0 Å². The number of halogens is 1. The molecule has 10 nitrogen and oxygen atoms in total. The number of benzene rings is 2. The first kappa shape index (κ1) is 32.7. The van der Waals surface area contributed by atoms with Crippen LogP contribution in [0, 0.1) is 17.7 Å². The number of thiophene rings is 2. The highest BCUT2D eigenvalue weighted by Gasteiger charge is 2.25. The number of carbonyl (C=O) groups excluding carboxylic acids is 2. The third-order valence-corrected chi connectivity index (χ3v) is 9.28. The van der Waals surface area contributed by atoms with Gasteiger partial charge in [-0.1, -0.05) is 6.92 Å². The average molecular weight is 647 g/mol. The van der Waals surface area contributed by atoms with Crippen LogP contribution in [0.15, 0.2) is 30.3 Å². The van der Waals surface area contributed by atoms with E-state index in [1.807, 2.05) is 0 Å². The first-order chi connectivity index (χ1) is 21.1. The van der Waals surface area contributed by atoms with Crippen LogP contribution in [0.4, 0.5) is 4.39 Å². The second-order valence-electron chi connectivity index (χ2n) is 10.00. The summed E-state index contributed by atoms with van der Waals surface area (Å²) in [5.41, 5.74) is 0. The highest BCUT2D eigenvalue weighted by Crippen LogP contribution is 2.41. The number of ether oxygens (including phenoxy) is 4. The van der Waals surface area contributed by atoms with Crippen LogP contribution in [-0.4, -0.2) is 61.7 Å². The van der Waals surface area contributed by atoms with E-state index in [1.54, 1.807) is 30.3 Å². The number of carbonyl (C=O) groups is 4. The summed E-state index contributed by atoms with van der Waals surface area (Å²) in [5, 5.41) is 19.2. The van der Waals surface area contributed by atoms with Crippen LogP contribution in [0.25, 0.3) is 20.2 Å². The molecule has 2 aromatic carbocycles. The summed E-state index contributed by atoms with van der Waals surface area (Å²) >= 11 is 2.51. The van der Waals surface area contributed by atoms with Crippen LogP contribution in [0.1, 0.15) is 40.7 Å². The van der Waals surface area contributed by atoms with Crippen LogP contribution < -0.4 is 18.9 Å². The minimum atomic E-state index is -1.07. The number of methoxy groups -OCH3 is 2. The Balaban J connectivity index is 1.41. The molecule has 0 saturated heterocycles. The molecule has 2 heterocycles. The van der Waals surface area contributed by atoms with Crippen molar-refractivity contribution < 1.29 is 52.7 Å². The number of aliphatic carboxylic acids is 2. The molecule has 0 aliphatic rings. The molecular formula is C31H31FO10S2. The van der Waals surface area contributed by atoms with Gasteiger partial charge in [0, 0.05) is 50.6 Å². The summed E-state index contributed by atoms with van der Waals surface area (Å²) < 4.78 is 39.4. The molecule has 0 aliphatic carbocycles. The minimum Gasteiger partial charge on any atom is -0.493 e. The fourth-order valence-corrected chi connectivity index (χ4v) is 6.71. The Morgan fingerprint density at radius 3 is 2.27 bits per heavy atom. The molecule has 1 unspecified atom stereocenters. The van der Waals surface area contributed by atoms with E-state index < -0.39 is 29.6 Å². The zero-order valence-electron chi connectivity index (χ0n) is 24.2. The lowest BCUT2D eigenvalue weighted by molar-refractivity contribution is -0.144. The molecule has 0 fully saturated rings. The average Bonchev–Trinajstić information content (AvgIpc) is 3.61. The second kappa shape index (κ2) is 14.5. The van der Waals surface area contributed by atoms with Gasteiger partial charge in [-0.25, -0.2) is 4.39 Å². The van der Waals surface area contributed by atoms with Gasteiger partial charge in [0.2, 0.25) is 0 Å². The molecule has 0 bridgehead atoms. The van der Waals surface area contributed by atoms with E-state index in [9.17, 15) is 24.3 Å². The number of fused-ring (bicyclic) bond motifs is 2. The number of carboxylic acid groups (broad SMARTS) is 2. The van der Waals surface area contributed by atoms with E-state index in [0.29, 0.717) is 44.0 Å². The van der Waals surface area contributed by atoms with Crippen molar-refractivity contribution >= 4 is 66.9 Å². The van der Waals surface area contributed by atoms with Crippen molar-refractivity contribution in [1.29, 1.82) is 0 Å². The number of Topliss-reactive ketones (excluding diaryl/α,β-unsaturated/α-hetero) is 1. The summed E-state index contributed by atoms with van der Waals surface area (Å²) in [4.78, 5) is 47.1. The quantitative estimate of drug-likeness (QED) is 0.0767. The number of ketones is 1. The maximum Gasteiger partial charge on any atom is 0.306 e. The summed E-state index contributed by atoms with van der Waals surface area (Å²) in [6, 6.07) is 8.46. The molecule has 4 aromatic rings. The van der Waals surface area contributed by atoms with Gasteiger partial charge in [-0.2, -0.15) is 0 Å². The molecule has 44 heavy (non-hydrogen) atoms. The lowest BCUT2D eigenvalue weighted by Crippen LogP contribution is -2.23. The second-order valence-corrected chi connectivity index (χ2v) is 12.2. The Bertz CT molecular complexity index is 1690. The van der Waals surface area contributed by atoms with Crippen molar-refractivity contribution in [2.45, 2.75) is 32.6 Å². The topological polar surface area (TPSA) is 146 Å². The van der Waals surface area contributed by atoms with E-state index in [0.717, 1.165) is 10.1 Å². The van der Waals surface area contributed by atoms with E-state index in [-0.39, 0.29) is 49.8 Å². The van der Waals surface area contributed by atoms with Gasteiger partial charge in [0.15, 0.2) is 34.6 Å². The first-order valence-electron chi connectivity index (χ1n) is 13.6. The highest BCUT2D eigenvalue weighted by atomic mass is 32.1. The number of hydrogen-bond acceptors (Lipinski definition) is 10. The van der Waals surface area contributed by atoms with Crippen molar-refractivity contribution in [2.75, 3.05) is 27.4 Å². The minimum absolute atomic E-state index is 0.0622. The summed E-state index contributed by atoms with van der Waals surface area (Å²) in [6.45, 7) is 1.78. The van der Waals surface area contributed by atoms with Gasteiger partial charge in [0.25, 0.3) is 0 Å². The molecule has 234 valence electrons.